The Bertz CT molecular complexity index is 321. The second-order valence-electron chi connectivity index (χ2n) is 3.28. The summed E-state index contributed by atoms with van der Waals surface area (Å²) in [5.41, 5.74) is 2.15. The molecule has 0 aliphatic rings. The van der Waals surface area contributed by atoms with Crippen LogP contribution in [-0.2, 0) is 22.6 Å². The van der Waals surface area contributed by atoms with Crippen molar-refractivity contribution in [3.05, 3.63) is 29.3 Å². The zero-order valence-electron chi connectivity index (χ0n) is 9.16. The topological polar surface area (TPSA) is 35.5 Å². The number of ether oxygens (including phenoxy) is 2. The third-order valence-electron chi connectivity index (χ3n) is 2.19. The Kier molecular flexibility index (Phi) is 4.84. The largest absolute Gasteiger partial charge is 0.496 e. The van der Waals surface area contributed by atoms with E-state index in [9.17, 15) is 4.79 Å². The number of aldehydes is 1. The first-order chi connectivity index (χ1) is 7.31. The zero-order valence-corrected chi connectivity index (χ0v) is 9.16. The van der Waals surface area contributed by atoms with E-state index in [0.29, 0.717) is 19.4 Å². The predicted molar refractivity (Wildman–Crippen MR) is 58.1 cm³/mol. The molecule has 0 unspecified atom stereocenters. The molecule has 1 aromatic carbocycles. The third kappa shape index (κ3) is 3.36. The van der Waals surface area contributed by atoms with Crippen molar-refractivity contribution in [3.8, 4) is 5.75 Å². The molecule has 0 amide bonds. The maximum absolute atomic E-state index is 10.3. The van der Waals surface area contributed by atoms with Gasteiger partial charge in [-0.15, -0.1) is 0 Å². The van der Waals surface area contributed by atoms with Gasteiger partial charge >= 0.3 is 0 Å². The molecule has 0 aromatic heterocycles. The molecule has 82 valence electrons. The lowest BCUT2D eigenvalue weighted by Crippen LogP contribution is -1.96. The normalized spacial score (nSPS) is 10.0. The molecule has 0 fully saturated rings. The van der Waals surface area contributed by atoms with E-state index in [-0.39, 0.29) is 0 Å². The average molecular weight is 208 g/mol. The van der Waals surface area contributed by atoms with Gasteiger partial charge in [-0.05, 0) is 29.7 Å². The number of carbonyl (C=O) groups is 1. The fraction of sp³-hybridized carbons (Fsp3) is 0.417. The fourth-order valence-electron chi connectivity index (χ4n) is 1.50. The van der Waals surface area contributed by atoms with Crippen LogP contribution in [0.15, 0.2) is 18.2 Å². The summed E-state index contributed by atoms with van der Waals surface area (Å²) in [4.78, 5) is 10.3. The predicted octanol–water partition coefficient (Wildman–Crippen LogP) is 1.97. The van der Waals surface area contributed by atoms with Crippen LogP contribution >= 0.6 is 0 Å². The molecule has 0 spiro atoms. The van der Waals surface area contributed by atoms with E-state index in [1.807, 2.05) is 18.2 Å². The lowest BCUT2D eigenvalue weighted by atomic mass is 10.1. The first kappa shape index (κ1) is 11.7. The standard InChI is InChI=1S/C12H16O3/c1-14-9-10-5-6-12(15-2)11(8-10)4-3-7-13/h5-8H,3-4,9H2,1-2H3. The highest BCUT2D eigenvalue weighted by atomic mass is 16.5. The van der Waals surface area contributed by atoms with Crippen LogP contribution in [-0.4, -0.2) is 20.5 Å². The summed E-state index contributed by atoms with van der Waals surface area (Å²) in [6, 6.07) is 5.90. The van der Waals surface area contributed by atoms with E-state index in [2.05, 4.69) is 0 Å². The van der Waals surface area contributed by atoms with Crippen LogP contribution in [0.4, 0.5) is 0 Å². The van der Waals surface area contributed by atoms with E-state index >= 15 is 0 Å². The molecule has 0 saturated heterocycles. The van der Waals surface area contributed by atoms with Crippen molar-refractivity contribution in [2.24, 2.45) is 0 Å². The van der Waals surface area contributed by atoms with Gasteiger partial charge in [0.2, 0.25) is 0 Å². The Morgan fingerprint density at radius 1 is 1.33 bits per heavy atom. The molecular formula is C12H16O3. The van der Waals surface area contributed by atoms with Gasteiger partial charge in [0.15, 0.2) is 0 Å². The fourth-order valence-corrected chi connectivity index (χ4v) is 1.50. The van der Waals surface area contributed by atoms with Crippen LogP contribution in [0.3, 0.4) is 0 Å². The molecule has 1 aromatic rings. The Morgan fingerprint density at radius 3 is 2.73 bits per heavy atom. The van der Waals surface area contributed by atoms with Gasteiger partial charge in [-0.3, -0.25) is 0 Å². The van der Waals surface area contributed by atoms with Crippen LogP contribution in [0.5, 0.6) is 5.75 Å². The van der Waals surface area contributed by atoms with Crippen molar-refractivity contribution in [3.63, 3.8) is 0 Å². The summed E-state index contributed by atoms with van der Waals surface area (Å²) in [7, 11) is 3.30. The minimum atomic E-state index is 0.521. The number of hydrogen-bond acceptors (Lipinski definition) is 3. The number of rotatable bonds is 6. The number of aryl methyl sites for hydroxylation is 1. The smallest absolute Gasteiger partial charge is 0.122 e. The Morgan fingerprint density at radius 2 is 2.13 bits per heavy atom. The monoisotopic (exact) mass is 208 g/mol. The Labute approximate surface area is 90.0 Å². The van der Waals surface area contributed by atoms with Crippen molar-refractivity contribution < 1.29 is 14.3 Å². The van der Waals surface area contributed by atoms with Crippen LogP contribution in [0.25, 0.3) is 0 Å². The minimum absolute atomic E-state index is 0.521. The highest BCUT2D eigenvalue weighted by molar-refractivity contribution is 5.51. The van der Waals surface area contributed by atoms with Gasteiger partial charge in [-0.2, -0.15) is 0 Å². The summed E-state index contributed by atoms with van der Waals surface area (Å²) in [5.74, 6) is 0.830. The van der Waals surface area contributed by atoms with Gasteiger partial charge in [-0.1, -0.05) is 6.07 Å². The van der Waals surface area contributed by atoms with E-state index in [1.165, 1.54) is 0 Å². The number of methoxy groups -OCH3 is 2. The van der Waals surface area contributed by atoms with E-state index in [0.717, 1.165) is 23.2 Å². The van der Waals surface area contributed by atoms with Crippen LogP contribution in [0.1, 0.15) is 17.5 Å². The highest BCUT2D eigenvalue weighted by Gasteiger charge is 2.04. The zero-order chi connectivity index (χ0) is 11.1. The van der Waals surface area contributed by atoms with Gasteiger partial charge in [0.1, 0.15) is 12.0 Å². The molecule has 0 bridgehead atoms. The molecule has 0 aliphatic heterocycles. The second-order valence-corrected chi connectivity index (χ2v) is 3.28. The summed E-state index contributed by atoms with van der Waals surface area (Å²) >= 11 is 0. The van der Waals surface area contributed by atoms with Crippen molar-refractivity contribution in [1.82, 2.24) is 0 Å². The average Bonchev–Trinajstić information content (AvgIpc) is 2.27. The first-order valence-electron chi connectivity index (χ1n) is 4.90. The molecule has 3 nitrogen and oxygen atoms in total. The maximum atomic E-state index is 10.3. The quantitative estimate of drug-likeness (QED) is 0.670. The van der Waals surface area contributed by atoms with Crippen molar-refractivity contribution in [2.75, 3.05) is 14.2 Å². The van der Waals surface area contributed by atoms with Crippen LogP contribution < -0.4 is 4.74 Å². The summed E-state index contributed by atoms with van der Waals surface area (Å²) in [5, 5.41) is 0. The highest BCUT2D eigenvalue weighted by Crippen LogP contribution is 2.21. The molecule has 0 N–H and O–H groups in total. The Balaban J connectivity index is 2.85. The van der Waals surface area contributed by atoms with E-state index in [1.54, 1.807) is 14.2 Å². The van der Waals surface area contributed by atoms with Crippen molar-refractivity contribution in [1.29, 1.82) is 0 Å². The van der Waals surface area contributed by atoms with Crippen molar-refractivity contribution >= 4 is 6.29 Å². The third-order valence-corrected chi connectivity index (χ3v) is 2.19. The number of hydrogen-bond donors (Lipinski definition) is 0. The molecule has 0 atom stereocenters. The SMILES string of the molecule is COCc1ccc(OC)c(CCC=O)c1. The van der Waals surface area contributed by atoms with E-state index in [4.69, 9.17) is 9.47 Å². The molecule has 3 heteroatoms. The molecule has 15 heavy (non-hydrogen) atoms. The molecule has 0 aliphatic carbocycles. The van der Waals surface area contributed by atoms with Crippen molar-refractivity contribution in [2.45, 2.75) is 19.4 Å². The Hall–Kier alpha value is -1.35. The van der Waals surface area contributed by atoms with Crippen LogP contribution in [0, 0.1) is 0 Å². The first-order valence-corrected chi connectivity index (χ1v) is 4.90. The lowest BCUT2D eigenvalue weighted by Gasteiger charge is -2.09. The lowest BCUT2D eigenvalue weighted by molar-refractivity contribution is -0.107. The number of carbonyl (C=O) groups excluding carboxylic acids is 1. The molecule has 0 saturated carbocycles. The van der Waals surface area contributed by atoms with E-state index < -0.39 is 0 Å². The van der Waals surface area contributed by atoms with Gasteiger partial charge < -0.3 is 14.3 Å². The van der Waals surface area contributed by atoms with Crippen LogP contribution in [0.2, 0.25) is 0 Å². The second kappa shape index (κ2) is 6.19. The summed E-state index contributed by atoms with van der Waals surface area (Å²) < 4.78 is 10.3. The molecular weight excluding hydrogens is 192 g/mol. The summed E-state index contributed by atoms with van der Waals surface area (Å²) in [6.45, 7) is 0.581. The maximum Gasteiger partial charge on any atom is 0.122 e. The van der Waals surface area contributed by atoms with Gasteiger partial charge in [0.05, 0.1) is 13.7 Å². The molecule has 0 radical (unpaired) electrons. The number of benzene rings is 1. The summed E-state index contributed by atoms with van der Waals surface area (Å²) in [6.07, 6.45) is 2.15. The minimum Gasteiger partial charge on any atom is -0.496 e. The van der Waals surface area contributed by atoms with Gasteiger partial charge in [0.25, 0.3) is 0 Å². The van der Waals surface area contributed by atoms with Gasteiger partial charge in [-0.25, -0.2) is 0 Å². The molecule has 0 heterocycles. The molecule has 1 rings (SSSR count). The van der Waals surface area contributed by atoms with Gasteiger partial charge in [0, 0.05) is 13.5 Å².